The number of rotatable bonds is 6. The Bertz CT molecular complexity index is 3430. The van der Waals surface area contributed by atoms with Crippen molar-refractivity contribution in [2.45, 2.75) is 0 Å². The van der Waals surface area contributed by atoms with Crippen LogP contribution in [0.15, 0.2) is 170 Å². The highest BCUT2D eigenvalue weighted by Gasteiger charge is 2.40. The minimum atomic E-state index is -0.478. The Kier molecular flexibility index (Phi) is 8.82. The average Bonchev–Trinajstić information content (AvgIpc) is 3.80. The Balaban J connectivity index is 1.23. The molecule has 10 rings (SSSR count). The first-order valence-electron chi connectivity index (χ1n) is 19.6. The molecule has 0 unspecified atom stereocenters. The highest BCUT2D eigenvalue weighted by atomic mass is 16.2. The number of nitrogens with zero attached hydrogens (tertiary/aromatic N) is 6. The number of carbonyl (C=O) groups excluding carboxylic acids is 2. The molecule has 1 aliphatic rings. The van der Waals surface area contributed by atoms with Crippen LogP contribution in [0, 0.1) is 35.8 Å². The van der Waals surface area contributed by atoms with Crippen molar-refractivity contribution < 1.29 is 9.59 Å². The molecule has 9 aromatic rings. The van der Waals surface area contributed by atoms with E-state index in [1.165, 1.54) is 4.90 Å². The summed E-state index contributed by atoms with van der Waals surface area (Å²) in [4.78, 5) is 38.6. The van der Waals surface area contributed by atoms with Crippen molar-refractivity contribution in [3.05, 3.63) is 215 Å². The van der Waals surface area contributed by atoms with E-state index >= 15 is 4.79 Å². The summed E-state index contributed by atoms with van der Waals surface area (Å²) in [6, 6.07) is 56.8. The van der Waals surface area contributed by atoms with Crippen LogP contribution >= 0.6 is 0 Å². The number of hydrogen-bond donors (Lipinski definition) is 0. The van der Waals surface area contributed by atoms with Crippen molar-refractivity contribution >= 4 is 50.7 Å². The van der Waals surface area contributed by atoms with Crippen LogP contribution in [-0.2, 0) is 0 Å². The van der Waals surface area contributed by atoms with Gasteiger partial charge in [0.15, 0.2) is 11.4 Å². The highest BCUT2D eigenvalue weighted by Crippen LogP contribution is 2.44. The molecule has 2 amide bonds. The average molecular weight is 793 g/mol. The van der Waals surface area contributed by atoms with Crippen LogP contribution in [0.1, 0.15) is 31.8 Å². The first kappa shape index (κ1) is 37.0. The molecule has 0 spiro atoms. The second-order valence-corrected chi connectivity index (χ2v) is 14.8. The van der Waals surface area contributed by atoms with E-state index in [1.807, 2.05) is 126 Å². The number of anilines is 1. The van der Waals surface area contributed by atoms with Gasteiger partial charge in [-0.25, -0.2) is 14.6 Å². The Labute approximate surface area is 356 Å². The van der Waals surface area contributed by atoms with Gasteiger partial charge in [0.1, 0.15) is 0 Å². The lowest BCUT2D eigenvalue weighted by Gasteiger charge is -2.20. The zero-order valence-corrected chi connectivity index (χ0v) is 32.7. The Morgan fingerprint density at radius 2 is 1.11 bits per heavy atom. The van der Waals surface area contributed by atoms with Gasteiger partial charge in [-0.3, -0.25) is 9.59 Å². The lowest BCUT2D eigenvalue weighted by molar-refractivity contribution is 0.0926. The van der Waals surface area contributed by atoms with Gasteiger partial charge >= 0.3 is 0 Å². The maximum Gasteiger partial charge on any atom is 0.268 e. The molecule has 286 valence electrons. The van der Waals surface area contributed by atoms with E-state index in [0.717, 1.165) is 44.2 Å². The lowest BCUT2D eigenvalue weighted by atomic mass is 9.97. The van der Waals surface area contributed by atoms with E-state index in [4.69, 9.17) is 13.1 Å². The van der Waals surface area contributed by atoms with Crippen LogP contribution in [0.3, 0.4) is 0 Å². The second kappa shape index (κ2) is 14.8. The minimum Gasteiger partial charge on any atom is -0.308 e. The third kappa shape index (κ3) is 5.89. The summed E-state index contributed by atoms with van der Waals surface area (Å²) in [5.41, 5.74) is 10.3. The Morgan fingerprint density at radius 3 is 1.77 bits per heavy atom. The van der Waals surface area contributed by atoms with E-state index in [-0.39, 0.29) is 11.1 Å². The number of carbonyl (C=O) groups is 2. The normalized spacial score (nSPS) is 11.8. The summed E-state index contributed by atoms with van der Waals surface area (Å²) in [5.74, 6) is -0.927. The van der Waals surface area contributed by atoms with Crippen molar-refractivity contribution in [1.29, 1.82) is 10.5 Å². The van der Waals surface area contributed by atoms with Crippen LogP contribution in [0.5, 0.6) is 0 Å². The van der Waals surface area contributed by atoms with Gasteiger partial charge in [-0.15, -0.1) is 0 Å². The molecule has 0 saturated carbocycles. The highest BCUT2D eigenvalue weighted by molar-refractivity contribution is 6.36. The van der Waals surface area contributed by atoms with E-state index in [2.05, 4.69) is 21.8 Å². The third-order valence-electron chi connectivity index (χ3n) is 11.5. The van der Waals surface area contributed by atoms with Crippen molar-refractivity contribution in [2.75, 3.05) is 4.90 Å². The number of hydrogen-bond acceptors (Lipinski definition) is 4. The molecule has 1 aliphatic heterocycles. The van der Waals surface area contributed by atoms with E-state index in [0.29, 0.717) is 56.0 Å². The van der Waals surface area contributed by atoms with Crippen LogP contribution in [-0.4, -0.2) is 16.4 Å². The smallest absolute Gasteiger partial charge is 0.268 e. The number of nitriles is 2. The predicted octanol–water partition coefficient (Wildman–Crippen LogP) is 13.1. The van der Waals surface area contributed by atoms with Crippen molar-refractivity contribution in [2.24, 2.45) is 0 Å². The van der Waals surface area contributed by atoms with Gasteiger partial charge in [0.25, 0.3) is 11.8 Å². The van der Waals surface area contributed by atoms with E-state index in [9.17, 15) is 15.3 Å². The van der Waals surface area contributed by atoms with Crippen LogP contribution in [0.4, 0.5) is 17.1 Å². The first-order valence-corrected chi connectivity index (χ1v) is 19.6. The first-order chi connectivity index (χ1) is 30.4. The number of fused-ring (bicyclic) bond motifs is 4. The monoisotopic (exact) mass is 792 g/mol. The molecular weight excluding hydrogens is 765 g/mol. The molecule has 8 heteroatoms. The fraction of sp³-hybridized carbons (Fsp3) is 0. The summed E-state index contributed by atoms with van der Waals surface area (Å²) in [6.07, 6.45) is 0. The summed E-state index contributed by atoms with van der Waals surface area (Å²) < 4.78 is 1.98. The Hall–Kier alpha value is -9.34. The van der Waals surface area contributed by atoms with Gasteiger partial charge < -0.3 is 4.57 Å². The maximum absolute atomic E-state index is 15.3. The summed E-state index contributed by atoms with van der Waals surface area (Å²) in [7, 11) is 0. The van der Waals surface area contributed by atoms with Crippen LogP contribution in [0.25, 0.3) is 81.7 Å². The maximum atomic E-state index is 15.3. The standard InChI is InChI=1S/C54H28N6O2/c1-57-40-20-25-41(39(27-40)32-56)37-18-23-44-45-24-19-38(42-21-16-33(31-55)26-47(42)58-2)30-51(45)59(50(44)29-37)48-15-9-14-46-52(48)54(62)60(53(46)61)49-28-36(34-10-5-3-6-11-34)17-22-43(49)35-12-7-4-8-13-35/h3-30H. The zero-order valence-electron chi connectivity index (χ0n) is 32.7. The number of imide groups is 1. The minimum absolute atomic E-state index is 0.232. The van der Waals surface area contributed by atoms with Gasteiger partial charge in [0, 0.05) is 27.5 Å². The molecule has 0 radical (unpaired) electrons. The predicted molar refractivity (Wildman–Crippen MR) is 242 cm³/mol. The number of benzene rings is 8. The number of amides is 2. The summed E-state index contributed by atoms with van der Waals surface area (Å²) in [5, 5.41) is 21.4. The summed E-state index contributed by atoms with van der Waals surface area (Å²) in [6.45, 7) is 15.4. The molecular formula is C54H28N6O2. The van der Waals surface area contributed by atoms with Gasteiger partial charge in [-0.2, -0.15) is 10.5 Å². The van der Waals surface area contributed by atoms with Gasteiger partial charge in [-0.05, 0) is 87.5 Å². The fourth-order valence-electron chi connectivity index (χ4n) is 8.56. The molecule has 0 bridgehead atoms. The quantitative estimate of drug-likeness (QED) is 0.124. The van der Waals surface area contributed by atoms with E-state index in [1.54, 1.807) is 48.5 Å². The van der Waals surface area contributed by atoms with Crippen molar-refractivity contribution in [3.63, 3.8) is 0 Å². The van der Waals surface area contributed by atoms with Gasteiger partial charge in [0.05, 0.1) is 58.8 Å². The zero-order chi connectivity index (χ0) is 42.5. The van der Waals surface area contributed by atoms with Crippen molar-refractivity contribution in [3.8, 4) is 62.3 Å². The largest absolute Gasteiger partial charge is 0.308 e. The van der Waals surface area contributed by atoms with Gasteiger partial charge in [0.2, 0.25) is 0 Å². The molecule has 0 saturated heterocycles. The summed E-state index contributed by atoms with van der Waals surface area (Å²) >= 11 is 0. The van der Waals surface area contributed by atoms with E-state index < -0.39 is 11.8 Å². The van der Waals surface area contributed by atoms with Gasteiger partial charge in [-0.1, -0.05) is 121 Å². The SMILES string of the molecule is [C-]#[N+]c1ccc(-c2ccc3c4ccc(-c5ccc(C#N)cc5[N+]#[C-])cc4n(-c4cccc5c4C(=O)N(c4cc(-c6ccccc6)ccc4-c4ccccc4)C5=O)c3c2)c(C#N)c1. The molecule has 1 aromatic heterocycles. The topological polar surface area (TPSA) is 98.6 Å². The number of aromatic nitrogens is 1. The third-order valence-corrected chi connectivity index (χ3v) is 11.5. The fourth-order valence-corrected chi connectivity index (χ4v) is 8.56. The molecule has 0 atom stereocenters. The second-order valence-electron chi connectivity index (χ2n) is 14.8. The Morgan fingerprint density at radius 1 is 0.468 bits per heavy atom. The molecule has 0 N–H and O–H groups in total. The molecule has 8 aromatic carbocycles. The molecule has 0 fully saturated rings. The lowest BCUT2D eigenvalue weighted by Crippen LogP contribution is -2.30. The molecule has 62 heavy (non-hydrogen) atoms. The molecule has 0 aliphatic carbocycles. The molecule has 2 heterocycles. The van der Waals surface area contributed by atoms with Crippen LogP contribution < -0.4 is 4.90 Å². The molecule has 8 nitrogen and oxygen atoms in total. The van der Waals surface area contributed by atoms with Crippen LogP contribution in [0.2, 0.25) is 0 Å². The van der Waals surface area contributed by atoms with Crippen molar-refractivity contribution in [1.82, 2.24) is 4.57 Å².